The fourth-order valence-electron chi connectivity index (χ4n) is 4.80. The highest BCUT2D eigenvalue weighted by molar-refractivity contribution is 9.10. The van der Waals surface area contributed by atoms with E-state index in [0.29, 0.717) is 16.0 Å². The van der Waals surface area contributed by atoms with Gasteiger partial charge in [-0.15, -0.1) is 0 Å². The topological polar surface area (TPSA) is 46.6 Å². The Bertz CT molecular complexity index is 1110. The Morgan fingerprint density at radius 1 is 1.22 bits per heavy atom. The third-order valence-electron chi connectivity index (χ3n) is 6.32. The summed E-state index contributed by atoms with van der Waals surface area (Å²) in [5.74, 6) is -1.70. The summed E-state index contributed by atoms with van der Waals surface area (Å²) in [7, 11) is 1.23. The SMILES string of the molecule is [2H]C(c1ccc(Br)cc1F)N(C(=O)C1CC2CCC1C2)c1cc(F)cc(/C=C/C(=O)OC)c1. The normalized spacial score (nSPS) is 23.2. The van der Waals surface area contributed by atoms with Gasteiger partial charge in [0.05, 0.1) is 15.0 Å². The standard InChI is InChI=1S/C25H24BrF2NO3/c1-32-24(30)7-3-16-9-20(27)13-21(10-16)29(14-18-5-6-19(26)12-23(18)28)25(31)22-11-15-2-4-17(22)8-15/h3,5-7,9-10,12-13,15,17,22H,2,4,8,11,14H2,1H3/b7-3+/i14D. The number of amides is 1. The summed E-state index contributed by atoms with van der Waals surface area (Å²) in [6.07, 6.45) is 6.30. The number of methoxy groups -OCH3 is 1. The van der Waals surface area contributed by atoms with Gasteiger partial charge in [-0.05, 0) is 73.1 Å². The molecular weight excluding hydrogens is 480 g/mol. The largest absolute Gasteiger partial charge is 0.466 e. The van der Waals surface area contributed by atoms with Crippen molar-refractivity contribution in [2.45, 2.75) is 32.2 Å². The molecule has 2 fully saturated rings. The zero-order chi connectivity index (χ0) is 23.7. The van der Waals surface area contributed by atoms with Crippen molar-refractivity contribution in [3.8, 4) is 0 Å². The zero-order valence-electron chi connectivity index (χ0n) is 18.6. The first kappa shape index (κ1) is 21.3. The van der Waals surface area contributed by atoms with Crippen molar-refractivity contribution >= 4 is 39.6 Å². The van der Waals surface area contributed by atoms with Crippen LogP contribution < -0.4 is 4.90 Å². The summed E-state index contributed by atoms with van der Waals surface area (Å²) in [6, 6.07) is 8.20. The van der Waals surface area contributed by atoms with Gasteiger partial charge in [0.2, 0.25) is 5.91 Å². The van der Waals surface area contributed by atoms with Crippen LogP contribution in [0, 0.1) is 29.4 Å². The van der Waals surface area contributed by atoms with E-state index in [1.807, 2.05) is 0 Å². The van der Waals surface area contributed by atoms with Gasteiger partial charge in [-0.2, -0.15) is 0 Å². The maximum absolute atomic E-state index is 14.8. The fourth-order valence-corrected chi connectivity index (χ4v) is 5.13. The van der Waals surface area contributed by atoms with E-state index in [0.717, 1.165) is 31.8 Å². The third kappa shape index (κ3) is 4.93. The number of benzene rings is 2. The molecule has 2 bridgehead atoms. The number of hydrogen-bond donors (Lipinski definition) is 0. The summed E-state index contributed by atoms with van der Waals surface area (Å²) in [4.78, 5) is 26.4. The van der Waals surface area contributed by atoms with Crippen molar-refractivity contribution in [1.82, 2.24) is 0 Å². The molecule has 168 valence electrons. The number of anilines is 1. The van der Waals surface area contributed by atoms with E-state index in [4.69, 9.17) is 1.37 Å². The van der Waals surface area contributed by atoms with Crippen LogP contribution in [0.2, 0.25) is 0 Å². The van der Waals surface area contributed by atoms with E-state index >= 15 is 0 Å². The lowest BCUT2D eigenvalue weighted by atomic mass is 9.87. The van der Waals surface area contributed by atoms with Crippen molar-refractivity contribution in [3.05, 3.63) is 69.7 Å². The number of carbonyl (C=O) groups is 2. The number of halogens is 3. The molecule has 2 saturated carbocycles. The number of fused-ring (bicyclic) bond motifs is 2. The van der Waals surface area contributed by atoms with Crippen LogP contribution >= 0.6 is 15.9 Å². The summed E-state index contributed by atoms with van der Waals surface area (Å²) in [5.41, 5.74) is 0.491. The van der Waals surface area contributed by atoms with Crippen molar-refractivity contribution < 1.29 is 24.5 Å². The first-order valence-electron chi connectivity index (χ1n) is 11.1. The summed E-state index contributed by atoms with van der Waals surface area (Å²) in [6.45, 7) is -1.40. The van der Waals surface area contributed by atoms with Crippen LogP contribution in [0.15, 0.2) is 46.9 Å². The van der Waals surface area contributed by atoms with E-state index in [2.05, 4.69) is 20.7 Å². The second-order valence-electron chi connectivity index (χ2n) is 8.38. The fraction of sp³-hybridized carbons (Fsp3) is 0.360. The molecule has 4 atom stereocenters. The Morgan fingerprint density at radius 3 is 2.69 bits per heavy atom. The predicted molar refractivity (Wildman–Crippen MR) is 122 cm³/mol. The molecule has 7 heteroatoms. The van der Waals surface area contributed by atoms with E-state index in [9.17, 15) is 18.4 Å². The van der Waals surface area contributed by atoms with E-state index < -0.39 is 24.1 Å². The predicted octanol–water partition coefficient (Wildman–Crippen LogP) is 5.88. The van der Waals surface area contributed by atoms with Crippen LogP contribution in [-0.2, 0) is 20.8 Å². The van der Waals surface area contributed by atoms with Crippen LogP contribution in [-0.4, -0.2) is 19.0 Å². The smallest absolute Gasteiger partial charge is 0.330 e. The van der Waals surface area contributed by atoms with Crippen molar-refractivity contribution in [3.63, 3.8) is 0 Å². The average Bonchev–Trinajstić information content (AvgIpc) is 3.41. The summed E-state index contributed by atoms with van der Waals surface area (Å²) in [5, 5.41) is 0. The van der Waals surface area contributed by atoms with Gasteiger partial charge in [0.15, 0.2) is 0 Å². The molecule has 0 aliphatic heterocycles. The molecule has 2 aliphatic rings. The monoisotopic (exact) mass is 504 g/mol. The summed E-state index contributed by atoms with van der Waals surface area (Å²) >= 11 is 3.21. The molecule has 32 heavy (non-hydrogen) atoms. The van der Waals surface area contributed by atoms with Crippen LogP contribution in [0.3, 0.4) is 0 Å². The third-order valence-corrected chi connectivity index (χ3v) is 6.81. The number of nitrogens with zero attached hydrogens (tertiary/aromatic N) is 1. The molecular formula is C25H24BrF2NO3. The Hall–Kier alpha value is -2.54. The number of ether oxygens (including phenoxy) is 1. The lowest BCUT2D eigenvalue weighted by Crippen LogP contribution is -2.38. The Balaban J connectivity index is 1.75. The van der Waals surface area contributed by atoms with Crippen LogP contribution in [0.1, 0.15) is 38.2 Å². The molecule has 1 amide bonds. The Kier molecular flexibility index (Phi) is 6.35. The molecule has 0 saturated heterocycles. The molecule has 2 aromatic carbocycles. The van der Waals surface area contributed by atoms with Crippen LogP contribution in [0.4, 0.5) is 14.5 Å². The highest BCUT2D eigenvalue weighted by atomic mass is 79.9. The van der Waals surface area contributed by atoms with E-state index in [-0.39, 0.29) is 29.0 Å². The second-order valence-corrected chi connectivity index (χ2v) is 9.30. The van der Waals surface area contributed by atoms with E-state index in [1.54, 1.807) is 6.07 Å². The maximum Gasteiger partial charge on any atom is 0.330 e. The molecule has 4 rings (SSSR count). The van der Waals surface area contributed by atoms with Crippen LogP contribution in [0.25, 0.3) is 6.08 Å². The summed E-state index contributed by atoms with van der Waals surface area (Å²) < 4.78 is 43.2. The average molecular weight is 505 g/mol. The zero-order valence-corrected chi connectivity index (χ0v) is 19.1. The van der Waals surface area contributed by atoms with Gasteiger partial charge in [-0.1, -0.05) is 28.4 Å². The molecule has 0 spiro atoms. The lowest BCUT2D eigenvalue weighted by molar-refractivity contribution is -0.134. The first-order valence-corrected chi connectivity index (χ1v) is 11.3. The first-order chi connectivity index (χ1) is 15.8. The minimum atomic E-state index is -1.40. The van der Waals surface area contributed by atoms with Crippen molar-refractivity contribution in [2.24, 2.45) is 17.8 Å². The quantitative estimate of drug-likeness (QED) is 0.364. The lowest BCUT2D eigenvalue weighted by Gasteiger charge is -2.30. The number of esters is 1. The van der Waals surface area contributed by atoms with Crippen molar-refractivity contribution in [1.29, 1.82) is 0 Å². The molecule has 0 N–H and O–H groups in total. The molecule has 4 nitrogen and oxygen atoms in total. The number of rotatable bonds is 6. The van der Waals surface area contributed by atoms with Crippen molar-refractivity contribution in [2.75, 3.05) is 12.0 Å². The number of carbonyl (C=O) groups excluding carboxylic acids is 2. The minimum absolute atomic E-state index is 0.0191. The van der Waals surface area contributed by atoms with Gasteiger partial charge >= 0.3 is 5.97 Å². The minimum Gasteiger partial charge on any atom is -0.466 e. The van der Waals surface area contributed by atoms with Gasteiger partial charge in [0.1, 0.15) is 11.6 Å². The van der Waals surface area contributed by atoms with Gasteiger partial charge in [0.25, 0.3) is 0 Å². The van der Waals surface area contributed by atoms with Gasteiger partial charge in [-0.25, -0.2) is 13.6 Å². The Labute approximate surface area is 195 Å². The number of hydrogen-bond acceptors (Lipinski definition) is 3. The molecule has 0 radical (unpaired) electrons. The maximum atomic E-state index is 14.8. The van der Waals surface area contributed by atoms with Gasteiger partial charge in [-0.3, -0.25) is 4.79 Å². The highest BCUT2D eigenvalue weighted by Crippen LogP contribution is 2.49. The van der Waals surface area contributed by atoms with Gasteiger partial charge in [0, 0.05) is 27.7 Å². The molecule has 4 unspecified atom stereocenters. The molecule has 0 heterocycles. The molecule has 2 aromatic rings. The van der Waals surface area contributed by atoms with E-state index in [1.165, 1.54) is 48.4 Å². The van der Waals surface area contributed by atoms with Gasteiger partial charge < -0.3 is 9.64 Å². The second kappa shape index (κ2) is 9.53. The highest BCUT2D eigenvalue weighted by Gasteiger charge is 2.44. The Morgan fingerprint density at radius 2 is 2.03 bits per heavy atom. The molecule has 0 aromatic heterocycles. The molecule has 2 aliphatic carbocycles. The van der Waals surface area contributed by atoms with Crippen LogP contribution in [0.5, 0.6) is 0 Å².